The maximum Gasteiger partial charge on any atom is 0.142 e. The lowest BCUT2D eigenvalue weighted by atomic mass is 10.1. The highest BCUT2D eigenvalue weighted by Crippen LogP contribution is 2.28. The smallest absolute Gasteiger partial charge is 0.142 e. The van der Waals surface area contributed by atoms with Gasteiger partial charge in [-0.1, -0.05) is 6.92 Å². The van der Waals surface area contributed by atoms with Gasteiger partial charge in [-0.3, -0.25) is 4.98 Å². The molecule has 0 aliphatic heterocycles. The number of ether oxygens (including phenoxy) is 1. The van der Waals surface area contributed by atoms with Crippen LogP contribution >= 0.6 is 11.3 Å². The molecule has 90 valence electrons. The number of hydrogen-bond donors (Lipinski definition) is 1. The second kappa shape index (κ2) is 5.80. The molecule has 0 amide bonds. The Hall–Kier alpha value is -1.39. The summed E-state index contributed by atoms with van der Waals surface area (Å²) in [4.78, 5) is 4.44. The van der Waals surface area contributed by atoms with E-state index in [9.17, 15) is 0 Å². The fourth-order valence-corrected chi connectivity index (χ4v) is 2.49. The van der Waals surface area contributed by atoms with Crippen LogP contribution in [0, 0.1) is 0 Å². The Morgan fingerprint density at radius 3 is 3.00 bits per heavy atom. The second-order valence-corrected chi connectivity index (χ2v) is 4.42. The van der Waals surface area contributed by atoms with E-state index in [1.54, 1.807) is 24.6 Å². The van der Waals surface area contributed by atoms with E-state index in [1.807, 2.05) is 12.1 Å². The van der Waals surface area contributed by atoms with Crippen LogP contribution in [0.3, 0.4) is 0 Å². The summed E-state index contributed by atoms with van der Waals surface area (Å²) in [5, 5.41) is 7.66. The molecular formula is C13H16N2OS. The molecule has 2 aromatic heterocycles. The molecule has 2 aromatic rings. The molecule has 0 fully saturated rings. The van der Waals surface area contributed by atoms with Gasteiger partial charge in [0.15, 0.2) is 0 Å². The number of rotatable bonds is 5. The molecule has 4 heteroatoms. The molecule has 1 atom stereocenters. The van der Waals surface area contributed by atoms with Crippen LogP contribution in [-0.4, -0.2) is 18.6 Å². The monoisotopic (exact) mass is 248 g/mol. The first-order chi connectivity index (χ1) is 8.36. The van der Waals surface area contributed by atoms with Crippen LogP contribution < -0.4 is 10.1 Å². The number of hydrogen-bond acceptors (Lipinski definition) is 4. The molecule has 0 saturated carbocycles. The number of thiophene rings is 1. The maximum absolute atomic E-state index is 5.37. The van der Waals surface area contributed by atoms with Gasteiger partial charge in [0.25, 0.3) is 0 Å². The Labute approximate surface area is 105 Å². The summed E-state index contributed by atoms with van der Waals surface area (Å²) in [6.45, 7) is 2.98. The number of pyridine rings is 1. The van der Waals surface area contributed by atoms with Crippen molar-refractivity contribution in [2.45, 2.75) is 13.0 Å². The molecule has 0 bridgehead atoms. The van der Waals surface area contributed by atoms with Crippen molar-refractivity contribution < 1.29 is 4.74 Å². The Morgan fingerprint density at radius 1 is 1.47 bits per heavy atom. The first-order valence-corrected chi connectivity index (χ1v) is 6.55. The van der Waals surface area contributed by atoms with Gasteiger partial charge in [0.1, 0.15) is 11.4 Å². The summed E-state index contributed by atoms with van der Waals surface area (Å²) in [6.07, 6.45) is 1.80. The van der Waals surface area contributed by atoms with E-state index in [4.69, 9.17) is 4.74 Å². The van der Waals surface area contributed by atoms with E-state index < -0.39 is 0 Å². The van der Waals surface area contributed by atoms with E-state index in [2.05, 4.69) is 34.1 Å². The molecule has 3 nitrogen and oxygen atoms in total. The van der Waals surface area contributed by atoms with Crippen molar-refractivity contribution >= 4 is 11.3 Å². The summed E-state index contributed by atoms with van der Waals surface area (Å²) in [5.41, 5.74) is 2.17. The minimum absolute atomic E-state index is 0.0994. The van der Waals surface area contributed by atoms with E-state index in [0.29, 0.717) is 0 Å². The fourth-order valence-electron chi connectivity index (χ4n) is 1.81. The second-order valence-electron chi connectivity index (χ2n) is 3.64. The van der Waals surface area contributed by atoms with Crippen LogP contribution in [0.25, 0.3) is 0 Å². The van der Waals surface area contributed by atoms with E-state index >= 15 is 0 Å². The zero-order valence-corrected chi connectivity index (χ0v) is 10.8. The largest absolute Gasteiger partial charge is 0.495 e. The molecule has 0 spiro atoms. The topological polar surface area (TPSA) is 34.2 Å². The highest BCUT2D eigenvalue weighted by Gasteiger charge is 2.18. The molecule has 2 rings (SSSR count). The molecule has 1 unspecified atom stereocenters. The normalized spacial score (nSPS) is 12.4. The van der Waals surface area contributed by atoms with Gasteiger partial charge in [-0.25, -0.2) is 0 Å². The van der Waals surface area contributed by atoms with Gasteiger partial charge in [0.2, 0.25) is 0 Å². The Morgan fingerprint density at radius 2 is 2.35 bits per heavy atom. The zero-order chi connectivity index (χ0) is 12.1. The van der Waals surface area contributed by atoms with Gasteiger partial charge in [-0.2, -0.15) is 11.3 Å². The van der Waals surface area contributed by atoms with Crippen molar-refractivity contribution in [2.24, 2.45) is 0 Å². The summed E-state index contributed by atoms with van der Waals surface area (Å²) >= 11 is 1.69. The summed E-state index contributed by atoms with van der Waals surface area (Å²) in [6, 6.07) is 6.05. The first-order valence-electron chi connectivity index (χ1n) is 5.61. The lowest BCUT2D eigenvalue weighted by Crippen LogP contribution is -2.23. The Balaban J connectivity index is 2.39. The van der Waals surface area contributed by atoms with Crippen LogP contribution in [0.15, 0.2) is 35.2 Å². The van der Waals surface area contributed by atoms with Gasteiger partial charge in [-0.15, -0.1) is 0 Å². The number of methoxy groups -OCH3 is 1. The van der Waals surface area contributed by atoms with Gasteiger partial charge in [0.05, 0.1) is 13.2 Å². The van der Waals surface area contributed by atoms with E-state index in [0.717, 1.165) is 18.0 Å². The van der Waals surface area contributed by atoms with E-state index in [1.165, 1.54) is 5.56 Å². The lowest BCUT2D eigenvalue weighted by molar-refractivity contribution is 0.400. The first kappa shape index (κ1) is 12.1. The quantitative estimate of drug-likeness (QED) is 0.883. The van der Waals surface area contributed by atoms with Crippen molar-refractivity contribution in [1.82, 2.24) is 10.3 Å². The summed E-state index contributed by atoms with van der Waals surface area (Å²) in [7, 11) is 1.68. The van der Waals surface area contributed by atoms with Crippen molar-refractivity contribution in [2.75, 3.05) is 13.7 Å². The van der Waals surface area contributed by atoms with Crippen LogP contribution in [0.2, 0.25) is 0 Å². The Kier molecular flexibility index (Phi) is 4.12. The predicted octanol–water partition coefficient (Wildman–Crippen LogP) is 2.85. The number of nitrogens with zero attached hydrogens (tertiary/aromatic N) is 1. The van der Waals surface area contributed by atoms with Crippen LogP contribution in [0.1, 0.15) is 24.2 Å². The minimum Gasteiger partial charge on any atom is -0.495 e. The van der Waals surface area contributed by atoms with Crippen molar-refractivity contribution in [3.63, 3.8) is 0 Å². The number of nitrogens with one attached hydrogen (secondary N) is 1. The molecule has 17 heavy (non-hydrogen) atoms. The average molecular weight is 248 g/mol. The maximum atomic E-state index is 5.37. The van der Waals surface area contributed by atoms with Crippen molar-refractivity contribution in [3.05, 3.63) is 46.4 Å². The third-order valence-corrected chi connectivity index (χ3v) is 3.28. The molecule has 2 heterocycles. The zero-order valence-electron chi connectivity index (χ0n) is 10.0. The molecule has 0 saturated heterocycles. The molecular weight excluding hydrogens is 232 g/mol. The Bertz CT molecular complexity index is 456. The molecule has 0 radical (unpaired) electrons. The van der Waals surface area contributed by atoms with Gasteiger partial charge >= 0.3 is 0 Å². The third kappa shape index (κ3) is 2.65. The molecule has 1 N–H and O–H groups in total. The molecule has 0 aliphatic rings. The SMILES string of the molecule is CCNC(c1ccsc1)c1ncccc1OC. The summed E-state index contributed by atoms with van der Waals surface area (Å²) in [5.74, 6) is 0.824. The van der Waals surface area contributed by atoms with Gasteiger partial charge in [0, 0.05) is 6.20 Å². The molecule has 0 aromatic carbocycles. The molecule has 0 aliphatic carbocycles. The van der Waals surface area contributed by atoms with Crippen molar-refractivity contribution in [1.29, 1.82) is 0 Å². The average Bonchev–Trinajstić information content (AvgIpc) is 2.89. The predicted molar refractivity (Wildman–Crippen MR) is 70.6 cm³/mol. The highest BCUT2D eigenvalue weighted by atomic mass is 32.1. The van der Waals surface area contributed by atoms with Crippen LogP contribution in [-0.2, 0) is 0 Å². The third-order valence-electron chi connectivity index (χ3n) is 2.58. The van der Waals surface area contributed by atoms with Gasteiger partial charge < -0.3 is 10.1 Å². The van der Waals surface area contributed by atoms with E-state index in [-0.39, 0.29) is 6.04 Å². The van der Waals surface area contributed by atoms with Crippen LogP contribution in [0.5, 0.6) is 5.75 Å². The lowest BCUT2D eigenvalue weighted by Gasteiger charge is -2.18. The van der Waals surface area contributed by atoms with Crippen LogP contribution in [0.4, 0.5) is 0 Å². The fraction of sp³-hybridized carbons (Fsp3) is 0.308. The minimum atomic E-state index is 0.0994. The van der Waals surface area contributed by atoms with Crippen molar-refractivity contribution in [3.8, 4) is 5.75 Å². The number of aromatic nitrogens is 1. The standard InChI is InChI=1S/C13H16N2OS/c1-3-14-12(10-6-8-17-9-10)13-11(16-2)5-4-7-15-13/h4-9,12,14H,3H2,1-2H3. The summed E-state index contributed by atoms with van der Waals surface area (Å²) < 4.78 is 5.37. The van der Waals surface area contributed by atoms with Gasteiger partial charge in [-0.05, 0) is 41.1 Å². The highest BCUT2D eigenvalue weighted by molar-refractivity contribution is 7.08.